The maximum Gasteiger partial charge on any atom is 0.314 e. The third-order valence-corrected chi connectivity index (χ3v) is 2.81. The summed E-state index contributed by atoms with van der Waals surface area (Å²) in [6.45, 7) is 7.84. The van der Waals surface area contributed by atoms with Crippen LogP contribution in [0.4, 0.5) is 0 Å². The highest BCUT2D eigenvalue weighted by molar-refractivity contribution is 5.74. The van der Waals surface area contributed by atoms with Crippen LogP contribution in [0, 0.1) is 5.92 Å². The lowest BCUT2D eigenvalue weighted by molar-refractivity contribution is -0.138. The summed E-state index contributed by atoms with van der Waals surface area (Å²) in [4.78, 5) is 10.7. The van der Waals surface area contributed by atoms with Gasteiger partial charge in [-0.1, -0.05) is 25.9 Å². The SMILES string of the molecule is CC(C(=O)O)c1cc([C@@H](C)C(C)C)no1. The van der Waals surface area contributed by atoms with E-state index in [1.54, 1.807) is 13.0 Å². The van der Waals surface area contributed by atoms with Crippen LogP contribution in [0.3, 0.4) is 0 Å². The molecule has 0 aromatic carbocycles. The van der Waals surface area contributed by atoms with E-state index in [4.69, 9.17) is 9.63 Å². The number of nitrogens with zero attached hydrogens (tertiary/aromatic N) is 1. The van der Waals surface area contributed by atoms with Gasteiger partial charge in [0.2, 0.25) is 0 Å². The lowest BCUT2D eigenvalue weighted by atomic mass is 9.94. The number of carboxylic acids is 1. The molecule has 0 aliphatic rings. The van der Waals surface area contributed by atoms with Gasteiger partial charge in [0, 0.05) is 12.0 Å². The molecule has 0 fully saturated rings. The molecular formula is C11H17NO3. The fraction of sp³-hybridized carbons (Fsp3) is 0.636. The molecule has 0 saturated carbocycles. The van der Waals surface area contributed by atoms with Gasteiger partial charge in [0.05, 0.1) is 5.69 Å². The third kappa shape index (κ3) is 2.58. The maximum absolute atomic E-state index is 10.7. The standard InChI is InChI=1S/C11H17NO3/c1-6(2)7(3)9-5-10(15-12-9)8(4)11(13)14/h5-8H,1-4H3,(H,13,14)/t7-,8?/m0/s1. The van der Waals surface area contributed by atoms with Gasteiger partial charge in [0.15, 0.2) is 5.76 Å². The Hall–Kier alpha value is -1.32. The molecule has 1 unspecified atom stereocenters. The van der Waals surface area contributed by atoms with E-state index in [1.807, 2.05) is 0 Å². The zero-order valence-electron chi connectivity index (χ0n) is 9.52. The van der Waals surface area contributed by atoms with E-state index >= 15 is 0 Å². The van der Waals surface area contributed by atoms with Crippen molar-refractivity contribution in [3.63, 3.8) is 0 Å². The number of carbonyl (C=O) groups is 1. The lowest BCUT2D eigenvalue weighted by Gasteiger charge is -2.10. The summed E-state index contributed by atoms with van der Waals surface area (Å²) in [7, 11) is 0. The van der Waals surface area contributed by atoms with Crippen molar-refractivity contribution in [3.8, 4) is 0 Å². The summed E-state index contributed by atoms with van der Waals surface area (Å²) in [5, 5.41) is 12.7. The van der Waals surface area contributed by atoms with Gasteiger partial charge >= 0.3 is 5.97 Å². The van der Waals surface area contributed by atoms with Crippen LogP contribution in [0.25, 0.3) is 0 Å². The summed E-state index contributed by atoms with van der Waals surface area (Å²) in [5.41, 5.74) is 0.827. The number of hydrogen-bond donors (Lipinski definition) is 1. The highest BCUT2D eigenvalue weighted by Gasteiger charge is 2.21. The monoisotopic (exact) mass is 211 g/mol. The summed E-state index contributed by atoms with van der Waals surface area (Å²) >= 11 is 0. The second-order valence-corrected chi connectivity index (χ2v) is 4.25. The van der Waals surface area contributed by atoms with Crippen molar-refractivity contribution in [1.82, 2.24) is 5.16 Å². The average Bonchev–Trinajstić information content (AvgIpc) is 2.63. The van der Waals surface area contributed by atoms with Gasteiger partial charge < -0.3 is 9.63 Å². The molecular weight excluding hydrogens is 194 g/mol. The van der Waals surface area contributed by atoms with E-state index in [2.05, 4.69) is 25.9 Å². The molecule has 4 heteroatoms. The predicted octanol–water partition coefficient (Wildman–Crippen LogP) is 2.62. The average molecular weight is 211 g/mol. The molecule has 0 spiro atoms. The Morgan fingerprint density at radius 2 is 2.00 bits per heavy atom. The molecule has 0 aliphatic carbocycles. The molecule has 1 rings (SSSR count). The minimum atomic E-state index is -0.894. The Bertz CT molecular complexity index is 343. The number of aliphatic carboxylic acids is 1. The zero-order chi connectivity index (χ0) is 11.6. The smallest absolute Gasteiger partial charge is 0.314 e. The fourth-order valence-corrected chi connectivity index (χ4v) is 1.19. The topological polar surface area (TPSA) is 63.3 Å². The first-order valence-corrected chi connectivity index (χ1v) is 5.12. The van der Waals surface area contributed by atoms with Gasteiger partial charge in [0.25, 0.3) is 0 Å². The second kappa shape index (κ2) is 4.47. The first-order chi connectivity index (χ1) is 6.93. The molecule has 15 heavy (non-hydrogen) atoms. The zero-order valence-corrected chi connectivity index (χ0v) is 9.52. The summed E-state index contributed by atoms with van der Waals surface area (Å²) in [6, 6.07) is 1.74. The van der Waals surface area contributed by atoms with Crippen molar-refractivity contribution in [2.45, 2.75) is 39.5 Å². The Morgan fingerprint density at radius 3 is 2.47 bits per heavy atom. The first kappa shape index (κ1) is 11.8. The van der Waals surface area contributed by atoms with Crippen molar-refractivity contribution < 1.29 is 14.4 Å². The van der Waals surface area contributed by atoms with Gasteiger partial charge in [-0.05, 0) is 12.8 Å². The number of carboxylic acid groups (broad SMARTS) is 1. The van der Waals surface area contributed by atoms with Crippen LogP contribution < -0.4 is 0 Å². The number of hydrogen-bond acceptors (Lipinski definition) is 3. The van der Waals surface area contributed by atoms with E-state index in [0.717, 1.165) is 5.69 Å². The normalized spacial score (nSPS) is 15.3. The van der Waals surface area contributed by atoms with Crippen LogP contribution >= 0.6 is 0 Å². The van der Waals surface area contributed by atoms with Crippen LogP contribution in [0.15, 0.2) is 10.6 Å². The van der Waals surface area contributed by atoms with Gasteiger partial charge in [0.1, 0.15) is 5.92 Å². The molecule has 0 bridgehead atoms. The van der Waals surface area contributed by atoms with Crippen molar-refractivity contribution >= 4 is 5.97 Å². The van der Waals surface area contributed by atoms with Crippen LogP contribution in [-0.2, 0) is 4.79 Å². The molecule has 84 valence electrons. The minimum Gasteiger partial charge on any atom is -0.481 e. The molecule has 1 heterocycles. The van der Waals surface area contributed by atoms with Gasteiger partial charge in [-0.15, -0.1) is 0 Å². The molecule has 1 N–H and O–H groups in total. The largest absolute Gasteiger partial charge is 0.481 e. The molecule has 1 aromatic rings. The quantitative estimate of drug-likeness (QED) is 0.831. The Kier molecular flexibility index (Phi) is 3.50. The van der Waals surface area contributed by atoms with E-state index in [9.17, 15) is 4.79 Å². The van der Waals surface area contributed by atoms with Crippen LogP contribution in [0.1, 0.15) is 51.0 Å². The third-order valence-electron chi connectivity index (χ3n) is 2.81. The molecule has 0 radical (unpaired) electrons. The van der Waals surface area contributed by atoms with Gasteiger partial charge in [-0.3, -0.25) is 4.79 Å². The fourth-order valence-electron chi connectivity index (χ4n) is 1.19. The van der Waals surface area contributed by atoms with Crippen molar-refractivity contribution in [1.29, 1.82) is 0 Å². The molecule has 4 nitrogen and oxygen atoms in total. The number of aromatic nitrogens is 1. The summed E-state index contributed by atoms with van der Waals surface area (Å²) < 4.78 is 5.03. The predicted molar refractivity (Wildman–Crippen MR) is 55.8 cm³/mol. The molecule has 0 saturated heterocycles. The van der Waals surface area contributed by atoms with Crippen molar-refractivity contribution in [2.75, 3.05) is 0 Å². The van der Waals surface area contributed by atoms with E-state index in [-0.39, 0.29) is 5.92 Å². The molecule has 1 aromatic heterocycles. The molecule has 0 aliphatic heterocycles. The Morgan fingerprint density at radius 1 is 1.40 bits per heavy atom. The number of rotatable bonds is 4. The Labute approximate surface area is 89.3 Å². The van der Waals surface area contributed by atoms with Crippen LogP contribution in [-0.4, -0.2) is 16.2 Å². The van der Waals surface area contributed by atoms with Gasteiger partial charge in [-0.2, -0.15) is 0 Å². The highest BCUT2D eigenvalue weighted by Crippen LogP contribution is 2.25. The maximum atomic E-state index is 10.7. The first-order valence-electron chi connectivity index (χ1n) is 5.12. The van der Waals surface area contributed by atoms with E-state index in [0.29, 0.717) is 11.7 Å². The summed E-state index contributed by atoms with van der Waals surface area (Å²) in [5.74, 6) is -0.364. The Balaban J connectivity index is 2.85. The minimum absolute atomic E-state index is 0.281. The van der Waals surface area contributed by atoms with Crippen molar-refractivity contribution in [3.05, 3.63) is 17.5 Å². The van der Waals surface area contributed by atoms with Crippen molar-refractivity contribution in [2.24, 2.45) is 5.92 Å². The lowest BCUT2D eigenvalue weighted by Crippen LogP contribution is -2.06. The van der Waals surface area contributed by atoms with Crippen LogP contribution in [0.2, 0.25) is 0 Å². The molecule has 0 amide bonds. The second-order valence-electron chi connectivity index (χ2n) is 4.25. The summed E-state index contributed by atoms with van der Waals surface area (Å²) in [6.07, 6.45) is 0. The van der Waals surface area contributed by atoms with Crippen LogP contribution in [0.5, 0.6) is 0 Å². The van der Waals surface area contributed by atoms with E-state index in [1.165, 1.54) is 0 Å². The van der Waals surface area contributed by atoms with E-state index < -0.39 is 11.9 Å². The molecule has 2 atom stereocenters. The highest BCUT2D eigenvalue weighted by atomic mass is 16.5. The van der Waals surface area contributed by atoms with Gasteiger partial charge in [-0.25, -0.2) is 0 Å².